The van der Waals surface area contributed by atoms with Crippen LogP contribution in [-0.2, 0) is 4.79 Å². The van der Waals surface area contributed by atoms with Crippen molar-refractivity contribution in [2.24, 2.45) is 0 Å². The van der Waals surface area contributed by atoms with Crippen LogP contribution in [-0.4, -0.2) is 23.0 Å². The van der Waals surface area contributed by atoms with Crippen LogP contribution in [0.4, 0.5) is 27.5 Å². The molecule has 1 heterocycles. The van der Waals surface area contributed by atoms with E-state index in [1.54, 1.807) is 54.6 Å². The van der Waals surface area contributed by atoms with Crippen LogP contribution >= 0.6 is 0 Å². The van der Waals surface area contributed by atoms with Gasteiger partial charge in [0.2, 0.25) is 0 Å². The Morgan fingerprint density at radius 1 is 0.702 bits per heavy atom. The Balaban J connectivity index is 1.26. The molecule has 0 saturated carbocycles. The van der Waals surface area contributed by atoms with E-state index in [0.29, 0.717) is 45.1 Å². The molecule has 1 aliphatic rings. The molecule has 1 aliphatic heterocycles. The molecule has 0 aromatic heterocycles. The maximum atomic E-state index is 13.5. The minimum atomic E-state index is -0.434. The number of carbonyl (C=O) groups excluding carboxylic acids is 3. The number of hydrogen-bond donors (Lipinski definition) is 6. The third-order valence-corrected chi connectivity index (χ3v) is 7.79. The van der Waals surface area contributed by atoms with E-state index < -0.39 is 6.03 Å². The lowest BCUT2D eigenvalue weighted by molar-refractivity contribution is -0.110. The van der Waals surface area contributed by atoms with Gasteiger partial charge in [-0.15, -0.1) is 0 Å². The van der Waals surface area contributed by atoms with E-state index in [0.717, 1.165) is 17.5 Å². The molecule has 0 radical (unpaired) electrons. The molecule has 0 unspecified atom stereocenters. The number of nitrogens with one attached hydrogen (secondary N) is 5. The molecule has 47 heavy (non-hydrogen) atoms. The maximum Gasteiger partial charge on any atom is 0.323 e. The number of anilines is 4. The third-order valence-electron chi connectivity index (χ3n) is 7.79. The van der Waals surface area contributed by atoms with Crippen molar-refractivity contribution in [2.75, 3.05) is 21.3 Å². The predicted octanol–water partition coefficient (Wildman–Crippen LogP) is 7.85. The van der Waals surface area contributed by atoms with Crippen LogP contribution in [0.2, 0.25) is 0 Å². The van der Waals surface area contributed by atoms with Gasteiger partial charge in [0.1, 0.15) is 5.75 Å². The van der Waals surface area contributed by atoms with Gasteiger partial charge in [0.05, 0.1) is 17.3 Å². The molecule has 5 aromatic carbocycles. The van der Waals surface area contributed by atoms with E-state index in [2.05, 4.69) is 26.6 Å². The number of rotatable bonds is 9. The molecule has 0 bridgehead atoms. The second-order valence-electron chi connectivity index (χ2n) is 11.0. The maximum absolute atomic E-state index is 13.5. The van der Waals surface area contributed by atoms with Gasteiger partial charge in [-0.2, -0.15) is 0 Å². The Bertz CT molecular complexity index is 1940. The number of urea groups is 1. The van der Waals surface area contributed by atoms with Gasteiger partial charge in [0, 0.05) is 33.9 Å². The molecule has 5 aromatic rings. The summed E-state index contributed by atoms with van der Waals surface area (Å²) >= 11 is 0. The van der Waals surface area contributed by atoms with Gasteiger partial charge in [0.25, 0.3) is 11.8 Å². The minimum Gasteiger partial charge on any atom is -0.508 e. The highest BCUT2D eigenvalue weighted by Gasteiger charge is 2.30. The molecule has 234 valence electrons. The van der Waals surface area contributed by atoms with Crippen molar-refractivity contribution in [2.45, 2.75) is 19.4 Å². The monoisotopic (exact) mass is 623 g/mol. The molecular formula is C38H33N5O4. The topological polar surface area (TPSA) is 132 Å². The van der Waals surface area contributed by atoms with E-state index in [1.807, 2.05) is 67.6 Å². The minimum absolute atomic E-state index is 0.109. The number of benzene rings is 5. The summed E-state index contributed by atoms with van der Waals surface area (Å²) < 4.78 is 0. The molecule has 0 spiro atoms. The molecule has 4 amide bonds. The van der Waals surface area contributed by atoms with Crippen molar-refractivity contribution < 1.29 is 19.5 Å². The van der Waals surface area contributed by atoms with Crippen molar-refractivity contribution in [3.05, 3.63) is 150 Å². The Kier molecular flexibility index (Phi) is 8.97. The van der Waals surface area contributed by atoms with Gasteiger partial charge in [-0.05, 0) is 84.3 Å². The predicted molar refractivity (Wildman–Crippen MR) is 186 cm³/mol. The highest BCUT2D eigenvalue weighted by atomic mass is 16.3. The Morgan fingerprint density at radius 3 is 1.89 bits per heavy atom. The van der Waals surface area contributed by atoms with Crippen molar-refractivity contribution in [3.8, 4) is 5.75 Å². The fourth-order valence-corrected chi connectivity index (χ4v) is 5.41. The quantitative estimate of drug-likeness (QED) is 0.0735. The molecule has 1 atom stereocenters. The first-order valence-electron chi connectivity index (χ1n) is 15.2. The molecule has 9 heteroatoms. The summed E-state index contributed by atoms with van der Waals surface area (Å²) in [6.45, 7) is 2.02. The lowest BCUT2D eigenvalue weighted by atomic mass is 9.98. The number of hydrogen-bond acceptors (Lipinski definition) is 5. The standard InChI is InChI=1S/C38H33N5O4/c1-2-32(24-9-5-3-6-10-24)42-36(45)26-13-22-33-31(23-26)34(37(46)43-33)35(25-11-7-4-8-12-25)39-27-14-16-28(17-15-27)40-38(47)41-29-18-20-30(44)21-19-29/h3-23,32,39,44H,2H2,1H3,(H,42,45)(H,43,46)(H2,40,41,47)/b35-34-/t32-/m1/s1. The summed E-state index contributed by atoms with van der Waals surface area (Å²) in [5.41, 5.74) is 6.24. The van der Waals surface area contributed by atoms with E-state index in [9.17, 15) is 19.5 Å². The fraction of sp³-hybridized carbons (Fsp3) is 0.0789. The molecule has 0 aliphatic carbocycles. The fourth-order valence-electron chi connectivity index (χ4n) is 5.41. The Morgan fingerprint density at radius 2 is 1.28 bits per heavy atom. The van der Waals surface area contributed by atoms with Crippen LogP contribution in [0.3, 0.4) is 0 Å². The highest BCUT2D eigenvalue weighted by molar-refractivity contribution is 6.37. The van der Waals surface area contributed by atoms with Crippen LogP contribution in [0.15, 0.2) is 127 Å². The molecule has 9 nitrogen and oxygen atoms in total. The summed E-state index contributed by atoms with van der Waals surface area (Å²) in [6.07, 6.45) is 0.728. The van der Waals surface area contributed by atoms with Gasteiger partial charge in [-0.25, -0.2) is 4.79 Å². The van der Waals surface area contributed by atoms with Gasteiger partial charge in [0.15, 0.2) is 0 Å². The molecular weight excluding hydrogens is 590 g/mol. The number of amides is 4. The van der Waals surface area contributed by atoms with Gasteiger partial charge in [-0.1, -0.05) is 67.6 Å². The summed E-state index contributed by atoms with van der Waals surface area (Å²) in [5.74, 6) is -0.407. The van der Waals surface area contributed by atoms with Crippen molar-refractivity contribution >= 4 is 51.9 Å². The number of fused-ring (bicyclic) bond motifs is 1. The average molecular weight is 624 g/mol. The zero-order valence-corrected chi connectivity index (χ0v) is 25.6. The Hall–Kier alpha value is -6.35. The summed E-state index contributed by atoms with van der Waals surface area (Å²) in [4.78, 5) is 39.4. The second-order valence-corrected chi connectivity index (χ2v) is 11.0. The lowest BCUT2D eigenvalue weighted by Crippen LogP contribution is -2.28. The number of carbonyl (C=O) groups is 3. The largest absolute Gasteiger partial charge is 0.508 e. The van der Waals surface area contributed by atoms with Crippen LogP contribution < -0.4 is 26.6 Å². The van der Waals surface area contributed by atoms with E-state index in [4.69, 9.17) is 0 Å². The molecule has 6 N–H and O–H groups in total. The zero-order valence-electron chi connectivity index (χ0n) is 25.6. The number of phenolic OH excluding ortho intramolecular Hbond substituents is 1. The van der Waals surface area contributed by atoms with E-state index >= 15 is 0 Å². The van der Waals surface area contributed by atoms with Crippen LogP contribution in [0.5, 0.6) is 5.75 Å². The number of phenols is 1. The normalized spacial score (nSPS) is 13.5. The third kappa shape index (κ3) is 7.15. The van der Waals surface area contributed by atoms with Crippen molar-refractivity contribution in [1.82, 2.24) is 5.32 Å². The van der Waals surface area contributed by atoms with Crippen molar-refractivity contribution in [3.63, 3.8) is 0 Å². The Labute approximate surface area is 272 Å². The number of aromatic hydroxyl groups is 1. The second kappa shape index (κ2) is 13.7. The van der Waals surface area contributed by atoms with Crippen LogP contribution in [0, 0.1) is 0 Å². The molecule has 6 rings (SSSR count). The van der Waals surface area contributed by atoms with Crippen molar-refractivity contribution in [1.29, 1.82) is 0 Å². The smallest absolute Gasteiger partial charge is 0.323 e. The SMILES string of the molecule is CC[C@@H](NC(=O)c1ccc2c(c1)/C(=C(/Nc1ccc(NC(=O)Nc3ccc(O)cc3)cc1)c1ccccc1)C(=O)N2)c1ccccc1. The van der Waals surface area contributed by atoms with E-state index in [1.165, 1.54) is 12.1 Å². The van der Waals surface area contributed by atoms with Gasteiger partial charge in [-0.3, -0.25) is 9.59 Å². The van der Waals surface area contributed by atoms with Crippen LogP contribution in [0.25, 0.3) is 11.3 Å². The van der Waals surface area contributed by atoms with Crippen LogP contribution in [0.1, 0.15) is 46.4 Å². The summed E-state index contributed by atoms with van der Waals surface area (Å²) in [5, 5.41) is 24.4. The van der Waals surface area contributed by atoms with E-state index in [-0.39, 0.29) is 23.6 Å². The first-order chi connectivity index (χ1) is 22.9. The average Bonchev–Trinajstić information content (AvgIpc) is 3.43. The molecule has 0 fully saturated rings. The highest BCUT2D eigenvalue weighted by Crippen LogP contribution is 2.38. The summed E-state index contributed by atoms with van der Waals surface area (Å²) in [7, 11) is 0. The first kappa shape index (κ1) is 30.7. The van der Waals surface area contributed by atoms with Gasteiger partial charge >= 0.3 is 6.03 Å². The first-order valence-corrected chi connectivity index (χ1v) is 15.2. The van der Waals surface area contributed by atoms with Gasteiger partial charge < -0.3 is 31.7 Å². The summed E-state index contributed by atoms with van der Waals surface area (Å²) in [6, 6.07) is 37.2. The zero-order chi connectivity index (χ0) is 32.8. The molecule has 0 saturated heterocycles. The lowest BCUT2D eigenvalue weighted by Gasteiger charge is -2.18.